The molecule has 0 saturated carbocycles. The lowest BCUT2D eigenvalue weighted by Gasteiger charge is -2.10. The molecule has 4 heteroatoms. The van der Waals surface area contributed by atoms with E-state index in [1.807, 2.05) is 12.1 Å². The fourth-order valence-electron chi connectivity index (χ4n) is 2.56. The second-order valence-corrected chi connectivity index (χ2v) is 5.78. The number of hydrogen-bond acceptors (Lipinski definition) is 2. The van der Waals surface area contributed by atoms with Crippen LogP contribution >= 0.6 is 15.9 Å². The molecule has 0 spiro atoms. The van der Waals surface area contributed by atoms with Crippen LogP contribution in [-0.2, 0) is 13.0 Å². The van der Waals surface area contributed by atoms with Gasteiger partial charge >= 0.3 is 0 Å². The van der Waals surface area contributed by atoms with Gasteiger partial charge < -0.3 is 9.30 Å². The minimum Gasteiger partial charge on any atom is -0.496 e. The zero-order chi connectivity index (χ0) is 14.8. The van der Waals surface area contributed by atoms with Gasteiger partial charge in [-0.2, -0.15) is 0 Å². The number of aromatic nitrogens is 2. The topological polar surface area (TPSA) is 27.1 Å². The van der Waals surface area contributed by atoms with E-state index in [9.17, 15) is 0 Å². The molecular weight excluding hydrogens is 328 g/mol. The van der Waals surface area contributed by atoms with Gasteiger partial charge in [0.25, 0.3) is 0 Å². The van der Waals surface area contributed by atoms with Crippen LogP contribution in [0.4, 0.5) is 0 Å². The van der Waals surface area contributed by atoms with Crippen molar-refractivity contribution in [2.45, 2.75) is 19.9 Å². The predicted octanol–water partition coefficient (Wildman–Crippen LogP) is 4.42. The van der Waals surface area contributed by atoms with Gasteiger partial charge in [0.2, 0.25) is 0 Å². The third-order valence-corrected chi connectivity index (χ3v) is 4.23. The first-order valence-corrected chi connectivity index (χ1v) is 7.78. The highest BCUT2D eigenvalue weighted by Crippen LogP contribution is 2.27. The summed E-state index contributed by atoms with van der Waals surface area (Å²) in [6.45, 7) is 2.95. The summed E-state index contributed by atoms with van der Waals surface area (Å²) in [5.41, 5.74) is 3.46. The van der Waals surface area contributed by atoms with Gasteiger partial charge in [0.1, 0.15) is 11.6 Å². The third-order valence-electron chi connectivity index (χ3n) is 3.61. The lowest BCUT2D eigenvalue weighted by Crippen LogP contribution is -2.04. The second-order valence-electron chi connectivity index (χ2n) is 4.93. The maximum absolute atomic E-state index is 5.28. The van der Waals surface area contributed by atoms with Crippen LogP contribution in [0.5, 0.6) is 5.75 Å². The molecule has 0 aliphatic carbocycles. The summed E-state index contributed by atoms with van der Waals surface area (Å²) in [6, 6.07) is 14.5. The monoisotopic (exact) mass is 344 g/mol. The number of para-hydroxylation sites is 2. The molecule has 0 amide bonds. The Morgan fingerprint density at radius 1 is 1.19 bits per heavy atom. The molecule has 3 nitrogen and oxygen atoms in total. The number of halogens is 1. The quantitative estimate of drug-likeness (QED) is 0.700. The van der Waals surface area contributed by atoms with Crippen molar-refractivity contribution in [1.29, 1.82) is 0 Å². The Kier molecular flexibility index (Phi) is 3.97. The molecule has 0 saturated heterocycles. The van der Waals surface area contributed by atoms with E-state index in [1.165, 1.54) is 11.1 Å². The number of ether oxygens (including phenoxy) is 1. The van der Waals surface area contributed by atoms with Crippen LogP contribution < -0.4 is 4.74 Å². The fourth-order valence-corrected chi connectivity index (χ4v) is 3.15. The summed E-state index contributed by atoms with van der Waals surface area (Å²) in [7, 11) is 1.68. The molecule has 0 unspecified atom stereocenters. The highest BCUT2D eigenvalue weighted by molar-refractivity contribution is 9.10. The van der Waals surface area contributed by atoms with E-state index in [2.05, 4.69) is 57.8 Å². The highest BCUT2D eigenvalue weighted by Gasteiger charge is 2.10. The largest absolute Gasteiger partial charge is 0.496 e. The maximum atomic E-state index is 5.28. The van der Waals surface area contributed by atoms with Crippen molar-refractivity contribution in [1.82, 2.24) is 9.55 Å². The fraction of sp³-hybridized carbons (Fsp3) is 0.235. The summed E-state index contributed by atoms with van der Waals surface area (Å²) >= 11 is 3.55. The van der Waals surface area contributed by atoms with E-state index in [4.69, 9.17) is 9.72 Å². The van der Waals surface area contributed by atoms with Gasteiger partial charge in [0, 0.05) is 13.0 Å². The Labute approximate surface area is 132 Å². The van der Waals surface area contributed by atoms with E-state index < -0.39 is 0 Å². The zero-order valence-corrected chi connectivity index (χ0v) is 13.7. The average Bonchev–Trinajstić information content (AvgIpc) is 2.86. The van der Waals surface area contributed by atoms with Gasteiger partial charge in [-0.15, -0.1) is 0 Å². The highest BCUT2D eigenvalue weighted by atomic mass is 79.9. The summed E-state index contributed by atoms with van der Waals surface area (Å²) < 4.78 is 8.54. The first-order chi connectivity index (χ1) is 10.2. The Hall–Kier alpha value is -1.81. The number of hydrogen-bond donors (Lipinski definition) is 0. The molecule has 0 aliphatic rings. The molecule has 0 fully saturated rings. The lowest BCUT2D eigenvalue weighted by atomic mass is 10.2. The van der Waals surface area contributed by atoms with Crippen molar-refractivity contribution in [3.8, 4) is 5.75 Å². The van der Waals surface area contributed by atoms with Crippen LogP contribution in [0, 0.1) is 0 Å². The van der Waals surface area contributed by atoms with Gasteiger partial charge in [-0.3, -0.25) is 0 Å². The van der Waals surface area contributed by atoms with Crippen LogP contribution in [-0.4, -0.2) is 16.7 Å². The molecule has 0 N–H and O–H groups in total. The van der Waals surface area contributed by atoms with Crippen molar-refractivity contribution in [3.63, 3.8) is 0 Å². The number of rotatable bonds is 4. The van der Waals surface area contributed by atoms with E-state index in [0.717, 1.165) is 34.5 Å². The smallest absolute Gasteiger partial charge is 0.133 e. The van der Waals surface area contributed by atoms with Gasteiger partial charge in [-0.25, -0.2) is 4.98 Å². The van der Waals surface area contributed by atoms with Gasteiger partial charge in [0.15, 0.2) is 0 Å². The number of benzene rings is 2. The predicted molar refractivity (Wildman–Crippen MR) is 88.9 cm³/mol. The molecule has 0 atom stereocenters. The molecule has 3 rings (SSSR count). The van der Waals surface area contributed by atoms with Crippen LogP contribution in [0.3, 0.4) is 0 Å². The third kappa shape index (κ3) is 2.68. The molecule has 0 aliphatic heterocycles. The first kappa shape index (κ1) is 14.1. The van der Waals surface area contributed by atoms with Crippen molar-refractivity contribution < 1.29 is 4.74 Å². The average molecular weight is 345 g/mol. The Morgan fingerprint density at radius 3 is 2.71 bits per heavy atom. The molecule has 1 aromatic heterocycles. The van der Waals surface area contributed by atoms with Crippen molar-refractivity contribution in [2.24, 2.45) is 0 Å². The van der Waals surface area contributed by atoms with Crippen LogP contribution in [0.2, 0.25) is 0 Å². The standard InChI is InChI=1S/C17H17BrN2O/c1-3-17-19-14-6-4-5-7-15(14)20(17)11-12-8-9-16(21-2)13(18)10-12/h4-10H,3,11H2,1-2H3. The summed E-state index contributed by atoms with van der Waals surface area (Å²) in [4.78, 5) is 4.71. The SMILES string of the molecule is CCc1nc2ccccc2n1Cc1ccc(OC)c(Br)c1. The number of aryl methyl sites for hydroxylation is 1. The summed E-state index contributed by atoms with van der Waals surface area (Å²) in [5.74, 6) is 1.97. The number of methoxy groups -OCH3 is 1. The molecule has 0 bridgehead atoms. The Bertz CT molecular complexity index is 780. The van der Waals surface area contributed by atoms with Crippen LogP contribution in [0.25, 0.3) is 11.0 Å². The maximum Gasteiger partial charge on any atom is 0.133 e. The molecule has 2 aromatic carbocycles. The van der Waals surface area contributed by atoms with Gasteiger partial charge in [-0.05, 0) is 45.8 Å². The van der Waals surface area contributed by atoms with Gasteiger partial charge in [-0.1, -0.05) is 25.1 Å². The van der Waals surface area contributed by atoms with E-state index >= 15 is 0 Å². The Balaban J connectivity index is 2.03. The molecule has 1 heterocycles. The van der Waals surface area contributed by atoms with Gasteiger partial charge in [0.05, 0.1) is 22.6 Å². The van der Waals surface area contributed by atoms with Crippen molar-refractivity contribution in [3.05, 3.63) is 58.3 Å². The summed E-state index contributed by atoms with van der Waals surface area (Å²) in [6.07, 6.45) is 0.923. The number of nitrogens with zero attached hydrogens (tertiary/aromatic N) is 2. The Morgan fingerprint density at radius 2 is 2.00 bits per heavy atom. The first-order valence-electron chi connectivity index (χ1n) is 6.99. The molecule has 108 valence electrons. The van der Waals surface area contributed by atoms with Crippen LogP contribution in [0.15, 0.2) is 46.9 Å². The van der Waals surface area contributed by atoms with E-state index in [1.54, 1.807) is 7.11 Å². The second kappa shape index (κ2) is 5.90. The summed E-state index contributed by atoms with van der Waals surface area (Å²) in [5, 5.41) is 0. The number of fused-ring (bicyclic) bond motifs is 1. The van der Waals surface area contributed by atoms with Crippen molar-refractivity contribution >= 4 is 27.0 Å². The number of imidazole rings is 1. The molecule has 21 heavy (non-hydrogen) atoms. The molecule has 3 aromatic rings. The van der Waals surface area contributed by atoms with Crippen molar-refractivity contribution in [2.75, 3.05) is 7.11 Å². The molecule has 0 radical (unpaired) electrons. The zero-order valence-electron chi connectivity index (χ0n) is 12.1. The molecular formula is C17H17BrN2O. The van der Waals surface area contributed by atoms with E-state index in [-0.39, 0.29) is 0 Å². The normalized spacial score (nSPS) is 11.0. The minimum absolute atomic E-state index is 0.812. The lowest BCUT2D eigenvalue weighted by molar-refractivity contribution is 0.412. The van der Waals surface area contributed by atoms with E-state index in [0.29, 0.717) is 0 Å². The van der Waals surface area contributed by atoms with Crippen LogP contribution in [0.1, 0.15) is 18.3 Å². The minimum atomic E-state index is 0.812.